The Labute approximate surface area is 158 Å². The van der Waals surface area contributed by atoms with Crippen LogP contribution in [0.15, 0.2) is 54.6 Å². The first-order chi connectivity index (χ1) is 12.1. The minimum Gasteiger partial charge on any atom is -0.465 e. The molecule has 1 N–H and O–H groups in total. The summed E-state index contributed by atoms with van der Waals surface area (Å²) >= 11 is 11.8. The molecular weight excluding hydrogens is 356 g/mol. The zero-order valence-corrected chi connectivity index (χ0v) is 15.6. The van der Waals surface area contributed by atoms with Crippen molar-refractivity contribution in [1.29, 1.82) is 0 Å². The van der Waals surface area contributed by atoms with Crippen molar-refractivity contribution in [2.24, 2.45) is 0 Å². The van der Waals surface area contributed by atoms with Gasteiger partial charge in [0.25, 0.3) is 0 Å². The van der Waals surface area contributed by atoms with Crippen molar-refractivity contribution in [2.75, 3.05) is 13.2 Å². The number of nitrogens with one attached hydrogen (secondary N) is 1. The van der Waals surface area contributed by atoms with Gasteiger partial charge in [-0.3, -0.25) is 4.79 Å². The van der Waals surface area contributed by atoms with Crippen LogP contribution in [0.3, 0.4) is 0 Å². The van der Waals surface area contributed by atoms with E-state index < -0.39 is 0 Å². The predicted octanol–water partition coefficient (Wildman–Crippen LogP) is 3.78. The third-order valence-electron chi connectivity index (χ3n) is 3.51. The highest BCUT2D eigenvalue weighted by Gasteiger charge is 2.14. The first-order valence-corrected chi connectivity index (χ1v) is 8.84. The highest BCUT2D eigenvalue weighted by Crippen LogP contribution is 2.18. The van der Waals surface area contributed by atoms with E-state index >= 15 is 0 Å². The van der Waals surface area contributed by atoms with E-state index in [1.165, 1.54) is 0 Å². The molecule has 0 atom stereocenters. The van der Waals surface area contributed by atoms with Crippen LogP contribution < -0.4 is 5.32 Å². The van der Waals surface area contributed by atoms with Gasteiger partial charge in [0.1, 0.15) is 6.54 Å². The standard InChI is InChI=1S/C19H21ClN2O2S/c1-2-24-18(23)12-21-19(25)22(13-15-8-4-3-5-9-15)14-16-10-6-7-11-17(16)20/h3-11H,2,12-14H2,1H3,(H,21,25). The van der Waals surface area contributed by atoms with Crippen LogP contribution in [0.25, 0.3) is 0 Å². The molecule has 2 aromatic rings. The molecule has 0 unspecified atom stereocenters. The zero-order chi connectivity index (χ0) is 18.1. The van der Waals surface area contributed by atoms with Gasteiger partial charge in [0.05, 0.1) is 6.61 Å². The molecule has 0 saturated heterocycles. The average Bonchev–Trinajstić information content (AvgIpc) is 2.62. The molecule has 0 aliphatic carbocycles. The monoisotopic (exact) mass is 376 g/mol. The maximum atomic E-state index is 11.6. The Hall–Kier alpha value is -2.11. The first-order valence-electron chi connectivity index (χ1n) is 8.06. The topological polar surface area (TPSA) is 41.6 Å². The van der Waals surface area contributed by atoms with Gasteiger partial charge < -0.3 is 15.0 Å². The van der Waals surface area contributed by atoms with Crippen LogP contribution in [0.4, 0.5) is 0 Å². The Morgan fingerprint density at radius 3 is 2.48 bits per heavy atom. The Kier molecular flexibility index (Phi) is 7.70. The van der Waals surface area contributed by atoms with E-state index in [1.54, 1.807) is 6.92 Å². The third-order valence-corrected chi connectivity index (χ3v) is 4.28. The molecule has 0 spiro atoms. The van der Waals surface area contributed by atoms with E-state index in [0.29, 0.717) is 29.8 Å². The average molecular weight is 377 g/mol. The molecule has 25 heavy (non-hydrogen) atoms. The number of ether oxygens (including phenoxy) is 1. The van der Waals surface area contributed by atoms with Crippen LogP contribution in [0.2, 0.25) is 5.02 Å². The van der Waals surface area contributed by atoms with Gasteiger partial charge in [0.15, 0.2) is 5.11 Å². The van der Waals surface area contributed by atoms with E-state index in [-0.39, 0.29) is 12.5 Å². The fourth-order valence-electron chi connectivity index (χ4n) is 2.31. The van der Waals surface area contributed by atoms with Crippen molar-refractivity contribution in [3.63, 3.8) is 0 Å². The van der Waals surface area contributed by atoms with Gasteiger partial charge in [0, 0.05) is 18.1 Å². The molecule has 0 bridgehead atoms. The SMILES string of the molecule is CCOC(=O)CNC(=S)N(Cc1ccccc1)Cc1ccccc1Cl. The van der Waals surface area contributed by atoms with Crippen molar-refractivity contribution in [3.05, 3.63) is 70.7 Å². The minimum atomic E-state index is -0.331. The van der Waals surface area contributed by atoms with Crippen LogP contribution in [0.1, 0.15) is 18.1 Å². The number of nitrogens with zero attached hydrogens (tertiary/aromatic N) is 1. The van der Waals surface area contributed by atoms with Gasteiger partial charge >= 0.3 is 5.97 Å². The van der Waals surface area contributed by atoms with E-state index in [2.05, 4.69) is 5.32 Å². The smallest absolute Gasteiger partial charge is 0.325 e. The molecule has 2 aromatic carbocycles. The van der Waals surface area contributed by atoms with Gasteiger partial charge in [-0.1, -0.05) is 60.1 Å². The van der Waals surface area contributed by atoms with Crippen molar-refractivity contribution in [1.82, 2.24) is 10.2 Å². The van der Waals surface area contributed by atoms with Crippen molar-refractivity contribution in [3.8, 4) is 0 Å². The number of halogens is 1. The molecule has 132 valence electrons. The predicted molar refractivity (Wildman–Crippen MR) is 104 cm³/mol. The van der Waals surface area contributed by atoms with Gasteiger partial charge in [-0.2, -0.15) is 0 Å². The quantitative estimate of drug-likeness (QED) is 0.588. The van der Waals surface area contributed by atoms with E-state index in [9.17, 15) is 4.79 Å². The number of esters is 1. The number of thiocarbonyl (C=S) groups is 1. The highest BCUT2D eigenvalue weighted by molar-refractivity contribution is 7.80. The summed E-state index contributed by atoms with van der Waals surface area (Å²) in [7, 11) is 0. The lowest BCUT2D eigenvalue weighted by atomic mass is 10.2. The van der Waals surface area contributed by atoms with Crippen LogP contribution >= 0.6 is 23.8 Å². The summed E-state index contributed by atoms with van der Waals surface area (Å²) in [4.78, 5) is 13.5. The van der Waals surface area contributed by atoms with E-state index in [0.717, 1.165) is 11.1 Å². The Bertz CT molecular complexity index is 710. The molecule has 4 nitrogen and oxygen atoms in total. The lowest BCUT2D eigenvalue weighted by Gasteiger charge is -2.26. The number of hydrogen-bond donors (Lipinski definition) is 1. The number of rotatable bonds is 7. The summed E-state index contributed by atoms with van der Waals surface area (Å²) in [6, 6.07) is 17.7. The molecule has 6 heteroatoms. The maximum absolute atomic E-state index is 11.6. The summed E-state index contributed by atoms with van der Waals surface area (Å²) in [5.74, 6) is -0.331. The van der Waals surface area contributed by atoms with Crippen LogP contribution in [-0.2, 0) is 22.6 Å². The molecule has 0 aliphatic heterocycles. The molecule has 0 amide bonds. The van der Waals surface area contributed by atoms with Crippen LogP contribution in [0.5, 0.6) is 0 Å². The lowest BCUT2D eigenvalue weighted by Crippen LogP contribution is -2.41. The maximum Gasteiger partial charge on any atom is 0.325 e. The molecular formula is C19H21ClN2O2S. The Morgan fingerprint density at radius 1 is 1.12 bits per heavy atom. The van der Waals surface area contributed by atoms with Crippen molar-refractivity contribution >= 4 is 34.9 Å². The van der Waals surface area contributed by atoms with Gasteiger partial charge in [0.2, 0.25) is 0 Å². The second-order valence-electron chi connectivity index (χ2n) is 5.40. The normalized spacial score (nSPS) is 10.2. The fraction of sp³-hybridized carbons (Fsp3) is 0.263. The third kappa shape index (κ3) is 6.36. The molecule has 0 aliphatic rings. The molecule has 0 heterocycles. The number of benzene rings is 2. The Morgan fingerprint density at radius 2 is 1.80 bits per heavy atom. The van der Waals surface area contributed by atoms with Gasteiger partial charge in [-0.15, -0.1) is 0 Å². The molecule has 0 radical (unpaired) electrons. The first kappa shape index (κ1) is 19.2. The fourth-order valence-corrected chi connectivity index (χ4v) is 2.70. The number of carbonyl (C=O) groups is 1. The van der Waals surface area contributed by atoms with E-state index in [4.69, 9.17) is 28.6 Å². The van der Waals surface area contributed by atoms with Crippen molar-refractivity contribution < 1.29 is 9.53 Å². The highest BCUT2D eigenvalue weighted by atomic mass is 35.5. The number of carbonyl (C=O) groups excluding carboxylic acids is 1. The minimum absolute atomic E-state index is 0.0421. The summed E-state index contributed by atoms with van der Waals surface area (Å²) in [5.41, 5.74) is 2.09. The van der Waals surface area contributed by atoms with Crippen LogP contribution in [0, 0.1) is 0 Å². The largest absolute Gasteiger partial charge is 0.465 e. The molecule has 0 saturated carbocycles. The summed E-state index contributed by atoms with van der Waals surface area (Å²) in [5, 5.41) is 4.14. The van der Waals surface area contributed by atoms with Crippen LogP contribution in [-0.4, -0.2) is 29.1 Å². The Balaban J connectivity index is 2.09. The summed E-state index contributed by atoms with van der Waals surface area (Å²) in [6.45, 7) is 3.32. The van der Waals surface area contributed by atoms with Gasteiger partial charge in [-0.25, -0.2) is 0 Å². The summed E-state index contributed by atoms with van der Waals surface area (Å²) in [6.07, 6.45) is 0. The zero-order valence-electron chi connectivity index (χ0n) is 14.1. The lowest BCUT2D eigenvalue weighted by molar-refractivity contribution is -0.141. The second-order valence-corrected chi connectivity index (χ2v) is 6.19. The second kappa shape index (κ2) is 10.0. The molecule has 2 rings (SSSR count). The van der Waals surface area contributed by atoms with Gasteiger partial charge in [-0.05, 0) is 36.3 Å². The number of hydrogen-bond acceptors (Lipinski definition) is 3. The van der Waals surface area contributed by atoms with E-state index in [1.807, 2.05) is 59.5 Å². The van der Waals surface area contributed by atoms with Crippen molar-refractivity contribution in [2.45, 2.75) is 20.0 Å². The molecule has 0 aromatic heterocycles. The summed E-state index contributed by atoms with van der Waals surface area (Å²) < 4.78 is 4.93. The molecule has 0 fully saturated rings.